The second kappa shape index (κ2) is 10.2. The fourth-order valence-electron chi connectivity index (χ4n) is 3.77. The Hall–Kier alpha value is -4.52. The molecule has 174 valence electrons. The van der Waals surface area contributed by atoms with Gasteiger partial charge < -0.3 is 9.73 Å². The molecule has 0 radical (unpaired) electrons. The van der Waals surface area contributed by atoms with Crippen LogP contribution in [0.2, 0.25) is 0 Å². The summed E-state index contributed by atoms with van der Waals surface area (Å²) in [5.74, 6) is 0.579. The second-order valence-electron chi connectivity index (χ2n) is 8.05. The van der Waals surface area contributed by atoms with Crippen molar-refractivity contribution in [2.24, 2.45) is 0 Å². The number of aryl methyl sites for hydroxylation is 1. The molecule has 0 unspecified atom stereocenters. The van der Waals surface area contributed by atoms with Gasteiger partial charge in [0.05, 0.1) is 17.6 Å². The number of nitrogens with one attached hydrogen (secondary N) is 1. The van der Waals surface area contributed by atoms with Crippen LogP contribution in [-0.2, 0) is 17.8 Å². The monoisotopic (exact) mass is 466 g/mol. The molecule has 5 aromatic rings. The van der Waals surface area contributed by atoms with Crippen molar-refractivity contribution in [3.63, 3.8) is 0 Å². The van der Waals surface area contributed by atoms with E-state index in [-0.39, 0.29) is 18.1 Å². The van der Waals surface area contributed by atoms with E-state index in [0.29, 0.717) is 24.6 Å². The minimum atomic E-state index is -0.310. The van der Waals surface area contributed by atoms with Gasteiger partial charge in [-0.2, -0.15) is 5.10 Å². The first-order valence-corrected chi connectivity index (χ1v) is 11.3. The van der Waals surface area contributed by atoms with Gasteiger partial charge in [0.1, 0.15) is 5.82 Å². The Morgan fingerprint density at radius 3 is 2.37 bits per heavy atom. The van der Waals surface area contributed by atoms with Gasteiger partial charge in [-0.3, -0.25) is 4.79 Å². The number of aromatic nitrogens is 3. The minimum absolute atomic E-state index is 0.113. The third-order valence-electron chi connectivity index (χ3n) is 5.58. The molecule has 0 saturated heterocycles. The maximum atomic E-state index is 13.1. The predicted molar refractivity (Wildman–Crippen MR) is 131 cm³/mol. The topological polar surface area (TPSA) is 73.0 Å². The standard InChI is InChI=1S/C28H23FN4O2/c29-23-13-11-20(12-14-23)25-18-31-27(35-25)16-15-26(34)30-17-22-19-33(24-9-5-2-6-10-24)32-28(22)21-7-3-1-4-8-21/h1-14,18-19H,15-17H2,(H,30,34). The molecule has 1 N–H and O–H groups in total. The molecule has 5 rings (SSSR count). The molecule has 2 heterocycles. The van der Waals surface area contributed by atoms with Crippen LogP contribution >= 0.6 is 0 Å². The Labute approximate surface area is 202 Å². The van der Waals surface area contributed by atoms with Crippen LogP contribution in [0.4, 0.5) is 4.39 Å². The summed E-state index contributed by atoms with van der Waals surface area (Å²) in [7, 11) is 0. The van der Waals surface area contributed by atoms with Crippen molar-refractivity contribution in [2.75, 3.05) is 0 Å². The predicted octanol–water partition coefficient (Wildman–Crippen LogP) is 5.58. The van der Waals surface area contributed by atoms with E-state index in [2.05, 4.69) is 10.3 Å². The number of amides is 1. The van der Waals surface area contributed by atoms with Crippen molar-refractivity contribution in [3.05, 3.63) is 115 Å². The van der Waals surface area contributed by atoms with E-state index in [1.165, 1.54) is 12.1 Å². The molecule has 1 amide bonds. The highest BCUT2D eigenvalue weighted by Gasteiger charge is 2.14. The van der Waals surface area contributed by atoms with Crippen LogP contribution in [-0.4, -0.2) is 20.7 Å². The van der Waals surface area contributed by atoms with Crippen molar-refractivity contribution in [2.45, 2.75) is 19.4 Å². The van der Waals surface area contributed by atoms with Crippen LogP contribution in [0, 0.1) is 5.82 Å². The third-order valence-corrected chi connectivity index (χ3v) is 5.58. The highest BCUT2D eigenvalue weighted by Crippen LogP contribution is 2.24. The quantitative estimate of drug-likeness (QED) is 0.324. The lowest BCUT2D eigenvalue weighted by Gasteiger charge is -2.05. The smallest absolute Gasteiger partial charge is 0.220 e. The van der Waals surface area contributed by atoms with Gasteiger partial charge in [0.15, 0.2) is 11.7 Å². The van der Waals surface area contributed by atoms with Crippen LogP contribution in [0.5, 0.6) is 0 Å². The van der Waals surface area contributed by atoms with Gasteiger partial charge in [-0.05, 0) is 36.4 Å². The molecule has 0 fully saturated rings. The normalized spacial score (nSPS) is 10.9. The maximum Gasteiger partial charge on any atom is 0.220 e. The fourth-order valence-corrected chi connectivity index (χ4v) is 3.77. The van der Waals surface area contributed by atoms with Crippen LogP contribution in [0.1, 0.15) is 17.9 Å². The Bertz CT molecular complexity index is 1410. The van der Waals surface area contributed by atoms with Gasteiger partial charge >= 0.3 is 0 Å². The molecule has 0 bridgehead atoms. The molecule has 7 heteroatoms. The van der Waals surface area contributed by atoms with Gasteiger partial charge in [-0.15, -0.1) is 0 Å². The zero-order valence-corrected chi connectivity index (χ0v) is 18.9. The molecule has 0 spiro atoms. The zero-order valence-electron chi connectivity index (χ0n) is 18.9. The SMILES string of the molecule is O=C(CCc1ncc(-c2ccc(F)cc2)o1)NCc1cn(-c2ccccc2)nc1-c1ccccc1. The van der Waals surface area contributed by atoms with Crippen molar-refractivity contribution in [1.29, 1.82) is 0 Å². The number of para-hydroxylation sites is 1. The first-order valence-electron chi connectivity index (χ1n) is 11.3. The lowest BCUT2D eigenvalue weighted by atomic mass is 10.1. The Morgan fingerprint density at radius 1 is 0.914 bits per heavy atom. The molecule has 0 aliphatic heterocycles. The van der Waals surface area contributed by atoms with Crippen LogP contribution in [0.25, 0.3) is 28.3 Å². The van der Waals surface area contributed by atoms with Crippen molar-refractivity contribution < 1.29 is 13.6 Å². The van der Waals surface area contributed by atoms with Gasteiger partial charge in [0.2, 0.25) is 5.91 Å². The van der Waals surface area contributed by atoms with Gasteiger partial charge in [0, 0.05) is 42.3 Å². The van der Waals surface area contributed by atoms with Gasteiger partial charge in [-0.1, -0.05) is 48.5 Å². The third kappa shape index (κ3) is 5.35. The number of benzene rings is 3. The molecule has 0 atom stereocenters. The van der Waals surface area contributed by atoms with Crippen molar-refractivity contribution >= 4 is 5.91 Å². The van der Waals surface area contributed by atoms with Crippen molar-refractivity contribution in [3.8, 4) is 28.3 Å². The fraction of sp³-hybridized carbons (Fsp3) is 0.107. The van der Waals surface area contributed by atoms with E-state index >= 15 is 0 Å². The first kappa shape index (κ1) is 22.3. The Kier molecular flexibility index (Phi) is 6.48. The first-order chi connectivity index (χ1) is 17.2. The van der Waals surface area contributed by atoms with Crippen LogP contribution in [0.3, 0.4) is 0 Å². The number of carbonyl (C=O) groups is 1. The number of carbonyl (C=O) groups excluding carboxylic acids is 1. The minimum Gasteiger partial charge on any atom is -0.441 e. The summed E-state index contributed by atoms with van der Waals surface area (Å²) < 4.78 is 20.7. The zero-order chi connectivity index (χ0) is 24.0. The van der Waals surface area contributed by atoms with E-state index < -0.39 is 0 Å². The van der Waals surface area contributed by atoms with Crippen LogP contribution in [0.15, 0.2) is 102 Å². The number of oxazole rings is 1. The summed E-state index contributed by atoms with van der Waals surface area (Å²) in [4.78, 5) is 16.8. The molecule has 3 aromatic carbocycles. The average Bonchev–Trinajstić information content (AvgIpc) is 3.55. The largest absolute Gasteiger partial charge is 0.441 e. The number of hydrogen-bond acceptors (Lipinski definition) is 4. The summed E-state index contributed by atoms with van der Waals surface area (Å²) in [5.41, 5.74) is 4.41. The molecule has 2 aromatic heterocycles. The molecule has 6 nitrogen and oxygen atoms in total. The van der Waals surface area contributed by atoms with E-state index in [4.69, 9.17) is 9.52 Å². The lowest BCUT2D eigenvalue weighted by molar-refractivity contribution is -0.121. The Morgan fingerprint density at radius 2 is 1.63 bits per heavy atom. The van der Waals surface area contributed by atoms with Crippen LogP contribution < -0.4 is 5.32 Å². The summed E-state index contributed by atoms with van der Waals surface area (Å²) >= 11 is 0. The highest BCUT2D eigenvalue weighted by atomic mass is 19.1. The second-order valence-corrected chi connectivity index (χ2v) is 8.05. The molecule has 35 heavy (non-hydrogen) atoms. The molecule has 0 saturated carbocycles. The molecule has 0 aliphatic rings. The molecular formula is C28H23FN4O2. The summed E-state index contributed by atoms with van der Waals surface area (Å²) in [6, 6.07) is 25.8. The van der Waals surface area contributed by atoms with Crippen molar-refractivity contribution in [1.82, 2.24) is 20.1 Å². The van der Waals surface area contributed by atoms with E-state index in [9.17, 15) is 9.18 Å². The van der Waals surface area contributed by atoms with E-state index in [1.807, 2.05) is 71.5 Å². The lowest BCUT2D eigenvalue weighted by Crippen LogP contribution is -2.23. The average molecular weight is 467 g/mol. The highest BCUT2D eigenvalue weighted by molar-refractivity contribution is 5.76. The summed E-state index contributed by atoms with van der Waals surface area (Å²) in [6.07, 6.45) is 4.13. The van der Waals surface area contributed by atoms with Gasteiger partial charge in [-0.25, -0.2) is 14.1 Å². The number of hydrogen-bond donors (Lipinski definition) is 1. The molecule has 0 aliphatic carbocycles. The number of rotatable bonds is 8. The molecular weight excluding hydrogens is 443 g/mol. The number of halogens is 1. The van der Waals surface area contributed by atoms with E-state index in [0.717, 1.165) is 28.1 Å². The summed E-state index contributed by atoms with van der Waals surface area (Å²) in [6.45, 7) is 0.350. The number of nitrogens with zero attached hydrogens (tertiary/aromatic N) is 3. The summed E-state index contributed by atoms with van der Waals surface area (Å²) in [5, 5.41) is 7.76. The maximum absolute atomic E-state index is 13.1. The van der Waals surface area contributed by atoms with E-state index in [1.54, 1.807) is 18.3 Å². The van der Waals surface area contributed by atoms with Gasteiger partial charge in [0.25, 0.3) is 0 Å². The Balaban J connectivity index is 1.24.